The Balaban J connectivity index is 1.49. The summed E-state index contributed by atoms with van der Waals surface area (Å²) in [6, 6.07) is 7.84. The number of nitrogens with one attached hydrogen (secondary N) is 1. The van der Waals surface area contributed by atoms with E-state index in [4.69, 9.17) is 4.74 Å². The number of amides is 1. The van der Waals surface area contributed by atoms with Crippen LogP contribution >= 0.6 is 11.8 Å². The average molecular weight is 329 g/mol. The molecule has 6 heteroatoms. The molecule has 0 radical (unpaired) electrons. The summed E-state index contributed by atoms with van der Waals surface area (Å²) in [5.41, 5.74) is 2.17. The first kappa shape index (κ1) is 15.8. The number of thioether (sulfide) groups is 1. The van der Waals surface area contributed by atoms with Crippen LogP contribution in [0.5, 0.6) is 5.75 Å². The fraction of sp³-hybridized carbons (Fsp3) is 0.353. The van der Waals surface area contributed by atoms with E-state index in [1.807, 2.05) is 24.3 Å². The number of carbonyl (C=O) groups excluding carboxylic acids is 1. The smallest absolute Gasteiger partial charge is 0.226 e. The molecule has 1 aliphatic rings. The summed E-state index contributed by atoms with van der Waals surface area (Å²) < 4.78 is 5.13. The van der Waals surface area contributed by atoms with Crippen molar-refractivity contribution in [3.05, 3.63) is 41.9 Å². The molecule has 120 valence electrons. The Morgan fingerprint density at radius 2 is 2.09 bits per heavy atom. The maximum atomic E-state index is 12.1. The highest BCUT2D eigenvalue weighted by molar-refractivity contribution is 7.99. The minimum atomic E-state index is -0.00110. The van der Waals surface area contributed by atoms with Crippen LogP contribution in [-0.4, -0.2) is 28.7 Å². The summed E-state index contributed by atoms with van der Waals surface area (Å²) in [6.45, 7) is 0. The van der Waals surface area contributed by atoms with Crippen LogP contribution in [-0.2, 0) is 17.6 Å². The van der Waals surface area contributed by atoms with E-state index in [0.717, 1.165) is 46.9 Å². The van der Waals surface area contributed by atoms with Gasteiger partial charge in [-0.25, -0.2) is 9.97 Å². The highest BCUT2D eigenvalue weighted by Gasteiger charge is 2.18. The Morgan fingerprint density at radius 3 is 2.87 bits per heavy atom. The van der Waals surface area contributed by atoms with E-state index < -0.39 is 0 Å². The summed E-state index contributed by atoms with van der Waals surface area (Å²) in [5, 5.41) is 2.92. The lowest BCUT2D eigenvalue weighted by Crippen LogP contribution is -2.15. The van der Waals surface area contributed by atoms with Crippen LogP contribution in [0.3, 0.4) is 0 Å². The molecule has 0 saturated carbocycles. The van der Waals surface area contributed by atoms with E-state index in [1.54, 1.807) is 18.9 Å². The fourth-order valence-electron chi connectivity index (χ4n) is 2.60. The van der Waals surface area contributed by atoms with Gasteiger partial charge in [-0.2, -0.15) is 0 Å². The Morgan fingerprint density at radius 1 is 1.26 bits per heavy atom. The standard InChI is InChI=1S/C17H19N3O2S/c1-22-12-5-7-13(8-6-12)23-10-9-16(21)20-17-14-3-2-4-15(14)18-11-19-17/h5-8,11H,2-4,9-10H2,1H3,(H,18,19,20,21). The third-order valence-corrected chi connectivity index (χ3v) is 4.80. The molecular formula is C17H19N3O2S. The van der Waals surface area contributed by atoms with Gasteiger partial charge in [0, 0.05) is 28.3 Å². The molecule has 1 heterocycles. The van der Waals surface area contributed by atoms with E-state index in [9.17, 15) is 4.79 Å². The van der Waals surface area contributed by atoms with Crippen LogP contribution in [0.25, 0.3) is 0 Å². The van der Waals surface area contributed by atoms with E-state index >= 15 is 0 Å². The number of benzene rings is 1. The molecule has 0 atom stereocenters. The van der Waals surface area contributed by atoms with Gasteiger partial charge in [-0.1, -0.05) is 0 Å². The van der Waals surface area contributed by atoms with Gasteiger partial charge in [0.1, 0.15) is 17.9 Å². The Bertz CT molecular complexity index is 689. The average Bonchev–Trinajstić information content (AvgIpc) is 3.05. The van der Waals surface area contributed by atoms with Gasteiger partial charge in [0.05, 0.1) is 7.11 Å². The predicted molar refractivity (Wildman–Crippen MR) is 91.0 cm³/mol. The van der Waals surface area contributed by atoms with Gasteiger partial charge in [0.2, 0.25) is 5.91 Å². The van der Waals surface area contributed by atoms with Gasteiger partial charge in [-0.3, -0.25) is 4.79 Å². The minimum Gasteiger partial charge on any atom is -0.497 e. The zero-order valence-corrected chi connectivity index (χ0v) is 13.9. The highest BCUT2D eigenvalue weighted by atomic mass is 32.2. The lowest BCUT2D eigenvalue weighted by atomic mass is 10.2. The highest BCUT2D eigenvalue weighted by Crippen LogP contribution is 2.25. The molecule has 0 bridgehead atoms. The molecule has 23 heavy (non-hydrogen) atoms. The first-order valence-corrected chi connectivity index (χ1v) is 8.64. The number of carbonyl (C=O) groups is 1. The maximum Gasteiger partial charge on any atom is 0.226 e. The molecule has 1 aliphatic carbocycles. The number of aromatic nitrogens is 2. The molecule has 1 aromatic carbocycles. The normalized spacial score (nSPS) is 12.7. The van der Waals surface area contributed by atoms with Gasteiger partial charge in [0.25, 0.3) is 0 Å². The maximum absolute atomic E-state index is 12.1. The van der Waals surface area contributed by atoms with Gasteiger partial charge < -0.3 is 10.1 Å². The zero-order valence-electron chi connectivity index (χ0n) is 13.0. The SMILES string of the molecule is COc1ccc(SCCC(=O)Nc2ncnc3c2CCC3)cc1. The van der Waals surface area contributed by atoms with Crippen molar-refractivity contribution < 1.29 is 9.53 Å². The Labute approximate surface area is 139 Å². The summed E-state index contributed by atoms with van der Waals surface area (Å²) in [6.07, 6.45) is 5.01. The predicted octanol–water partition coefficient (Wildman–Crippen LogP) is 3.09. The number of hydrogen-bond donors (Lipinski definition) is 1. The van der Waals surface area contributed by atoms with Crippen molar-refractivity contribution in [1.82, 2.24) is 9.97 Å². The van der Waals surface area contributed by atoms with E-state index in [0.29, 0.717) is 12.2 Å². The second kappa shape index (κ2) is 7.46. The Kier molecular flexibility index (Phi) is 5.12. The summed E-state index contributed by atoms with van der Waals surface area (Å²) in [5.74, 6) is 2.25. The van der Waals surface area contributed by atoms with E-state index in [2.05, 4.69) is 15.3 Å². The molecule has 1 amide bonds. The van der Waals surface area contributed by atoms with Crippen LogP contribution < -0.4 is 10.1 Å². The van der Waals surface area contributed by atoms with Crippen LogP contribution in [0.1, 0.15) is 24.1 Å². The number of anilines is 1. The van der Waals surface area contributed by atoms with Crippen LogP contribution in [0, 0.1) is 0 Å². The largest absolute Gasteiger partial charge is 0.497 e. The number of rotatable bonds is 6. The molecule has 3 rings (SSSR count). The summed E-state index contributed by atoms with van der Waals surface area (Å²) in [7, 11) is 1.65. The number of aryl methyl sites for hydroxylation is 1. The lowest BCUT2D eigenvalue weighted by Gasteiger charge is -2.08. The molecular weight excluding hydrogens is 310 g/mol. The lowest BCUT2D eigenvalue weighted by molar-refractivity contribution is -0.115. The van der Waals surface area contributed by atoms with Gasteiger partial charge >= 0.3 is 0 Å². The molecule has 0 fully saturated rings. The monoisotopic (exact) mass is 329 g/mol. The van der Waals surface area contributed by atoms with Gasteiger partial charge in [-0.05, 0) is 43.5 Å². The van der Waals surface area contributed by atoms with Crippen molar-refractivity contribution in [2.45, 2.75) is 30.6 Å². The van der Waals surface area contributed by atoms with Crippen LogP contribution in [0.2, 0.25) is 0 Å². The van der Waals surface area contributed by atoms with Crippen LogP contribution in [0.4, 0.5) is 5.82 Å². The van der Waals surface area contributed by atoms with Crippen molar-refractivity contribution in [1.29, 1.82) is 0 Å². The molecule has 5 nitrogen and oxygen atoms in total. The van der Waals surface area contributed by atoms with Gasteiger partial charge in [-0.15, -0.1) is 11.8 Å². The number of methoxy groups -OCH3 is 1. The molecule has 2 aromatic rings. The van der Waals surface area contributed by atoms with Crippen molar-refractivity contribution in [2.75, 3.05) is 18.2 Å². The number of ether oxygens (including phenoxy) is 1. The summed E-state index contributed by atoms with van der Waals surface area (Å²) in [4.78, 5) is 21.7. The minimum absolute atomic E-state index is 0.00110. The Hall–Kier alpha value is -2.08. The van der Waals surface area contributed by atoms with E-state index in [-0.39, 0.29) is 5.91 Å². The van der Waals surface area contributed by atoms with Crippen molar-refractivity contribution in [3.8, 4) is 5.75 Å². The molecule has 0 saturated heterocycles. The number of fused-ring (bicyclic) bond motifs is 1. The van der Waals surface area contributed by atoms with Crippen molar-refractivity contribution in [3.63, 3.8) is 0 Å². The molecule has 0 aliphatic heterocycles. The zero-order chi connectivity index (χ0) is 16.1. The third-order valence-electron chi connectivity index (χ3n) is 3.79. The quantitative estimate of drug-likeness (QED) is 0.825. The van der Waals surface area contributed by atoms with E-state index in [1.165, 1.54) is 6.33 Å². The van der Waals surface area contributed by atoms with Crippen LogP contribution in [0.15, 0.2) is 35.5 Å². The topological polar surface area (TPSA) is 64.1 Å². The van der Waals surface area contributed by atoms with Crippen molar-refractivity contribution >= 4 is 23.5 Å². The third kappa shape index (κ3) is 4.01. The van der Waals surface area contributed by atoms with Gasteiger partial charge in [0.15, 0.2) is 0 Å². The molecule has 0 unspecified atom stereocenters. The molecule has 1 aromatic heterocycles. The number of hydrogen-bond acceptors (Lipinski definition) is 5. The van der Waals surface area contributed by atoms with Crippen molar-refractivity contribution in [2.24, 2.45) is 0 Å². The summed E-state index contributed by atoms with van der Waals surface area (Å²) >= 11 is 1.65. The second-order valence-electron chi connectivity index (χ2n) is 5.32. The fourth-order valence-corrected chi connectivity index (χ4v) is 3.45. The first-order valence-electron chi connectivity index (χ1n) is 7.65. The molecule has 0 spiro atoms. The molecule has 1 N–H and O–H groups in total. The number of nitrogens with zero attached hydrogens (tertiary/aromatic N) is 2. The second-order valence-corrected chi connectivity index (χ2v) is 6.49. The first-order chi connectivity index (χ1) is 11.3.